The van der Waals surface area contributed by atoms with E-state index in [-0.39, 0.29) is 5.69 Å². The molecular formula is C14H14N4O2. The summed E-state index contributed by atoms with van der Waals surface area (Å²) < 4.78 is 1.81. The summed E-state index contributed by atoms with van der Waals surface area (Å²) in [6.07, 6.45) is 10.9. The molecule has 0 bridgehead atoms. The zero-order chi connectivity index (χ0) is 14.1. The van der Waals surface area contributed by atoms with E-state index < -0.39 is 5.97 Å². The van der Waals surface area contributed by atoms with Crippen molar-refractivity contribution in [1.82, 2.24) is 19.7 Å². The average molecular weight is 270 g/mol. The smallest absolute Gasteiger partial charge is 0.356 e. The first-order valence-corrected chi connectivity index (χ1v) is 6.40. The highest BCUT2D eigenvalue weighted by Crippen LogP contribution is 2.41. The van der Waals surface area contributed by atoms with E-state index in [1.165, 1.54) is 25.2 Å². The zero-order valence-electron chi connectivity index (χ0n) is 11.0. The molecule has 0 aliphatic heterocycles. The fraction of sp³-hybridized carbons (Fsp3) is 0.286. The van der Waals surface area contributed by atoms with Crippen molar-refractivity contribution in [3.8, 4) is 0 Å². The summed E-state index contributed by atoms with van der Waals surface area (Å²) in [5.41, 5.74) is 2.78. The lowest BCUT2D eigenvalue weighted by Crippen LogP contribution is -2.00. The van der Waals surface area contributed by atoms with Crippen LogP contribution in [0.1, 0.15) is 46.2 Å². The number of carboxylic acid groups (broad SMARTS) is 1. The highest BCUT2D eigenvalue weighted by atomic mass is 16.4. The quantitative estimate of drug-likeness (QED) is 0.918. The van der Waals surface area contributed by atoms with Gasteiger partial charge in [-0.25, -0.2) is 9.78 Å². The molecule has 0 amide bonds. The van der Waals surface area contributed by atoms with Gasteiger partial charge in [0, 0.05) is 24.7 Å². The van der Waals surface area contributed by atoms with E-state index in [1.54, 1.807) is 0 Å². The van der Waals surface area contributed by atoms with Crippen molar-refractivity contribution >= 4 is 18.1 Å². The van der Waals surface area contributed by atoms with Gasteiger partial charge >= 0.3 is 5.97 Å². The number of aryl methyl sites for hydroxylation is 1. The van der Waals surface area contributed by atoms with E-state index in [0.717, 1.165) is 11.3 Å². The summed E-state index contributed by atoms with van der Waals surface area (Å²) in [4.78, 5) is 18.6. The lowest BCUT2D eigenvalue weighted by Gasteiger charge is -1.95. The Morgan fingerprint density at radius 2 is 2.15 bits per heavy atom. The van der Waals surface area contributed by atoms with Gasteiger partial charge in [0.1, 0.15) is 0 Å². The van der Waals surface area contributed by atoms with Crippen LogP contribution in [-0.2, 0) is 7.05 Å². The van der Waals surface area contributed by atoms with Crippen LogP contribution in [0, 0.1) is 0 Å². The molecule has 20 heavy (non-hydrogen) atoms. The zero-order valence-corrected chi connectivity index (χ0v) is 11.0. The second-order valence-electron chi connectivity index (χ2n) is 4.88. The average Bonchev–Trinajstić information content (AvgIpc) is 3.20. The van der Waals surface area contributed by atoms with Crippen molar-refractivity contribution in [3.63, 3.8) is 0 Å². The molecule has 1 fully saturated rings. The Bertz CT molecular complexity index is 669. The van der Waals surface area contributed by atoms with E-state index in [9.17, 15) is 4.79 Å². The molecular weight excluding hydrogens is 256 g/mol. The Balaban J connectivity index is 1.81. The van der Waals surface area contributed by atoms with Crippen molar-refractivity contribution < 1.29 is 9.90 Å². The van der Waals surface area contributed by atoms with Crippen molar-refractivity contribution in [2.75, 3.05) is 0 Å². The molecule has 2 aromatic rings. The van der Waals surface area contributed by atoms with Crippen LogP contribution in [0.3, 0.4) is 0 Å². The number of hydrogen-bond acceptors (Lipinski definition) is 4. The van der Waals surface area contributed by atoms with Gasteiger partial charge in [0.15, 0.2) is 5.69 Å². The Morgan fingerprint density at radius 3 is 2.75 bits per heavy atom. The van der Waals surface area contributed by atoms with Crippen molar-refractivity contribution in [3.05, 3.63) is 41.2 Å². The first-order valence-electron chi connectivity index (χ1n) is 6.40. The van der Waals surface area contributed by atoms with Gasteiger partial charge in [-0.1, -0.05) is 0 Å². The molecule has 6 heteroatoms. The minimum absolute atomic E-state index is 0.0535. The third kappa shape index (κ3) is 2.59. The van der Waals surface area contributed by atoms with E-state index in [1.807, 2.05) is 30.1 Å². The summed E-state index contributed by atoms with van der Waals surface area (Å²) >= 11 is 0. The molecule has 0 aromatic carbocycles. The molecule has 3 rings (SSSR count). The Hall–Kier alpha value is -2.50. The number of aromatic carboxylic acids is 1. The normalized spacial score (nSPS) is 14.8. The Kier molecular flexibility index (Phi) is 3.06. The molecule has 0 spiro atoms. The number of hydrogen-bond donors (Lipinski definition) is 1. The predicted octanol–water partition coefficient (Wildman–Crippen LogP) is 1.96. The SMILES string of the molecule is Cn1cc(/C=C/c2cnc(C(=O)O)cn2)c(C2CC2)n1. The minimum Gasteiger partial charge on any atom is -0.476 e. The number of rotatable bonds is 4. The Labute approximate surface area is 115 Å². The summed E-state index contributed by atoms with van der Waals surface area (Å²) in [6.45, 7) is 0. The second-order valence-corrected chi connectivity index (χ2v) is 4.88. The van der Waals surface area contributed by atoms with Crippen LogP contribution in [0.5, 0.6) is 0 Å². The molecule has 1 aliphatic carbocycles. The first kappa shape index (κ1) is 12.5. The summed E-state index contributed by atoms with van der Waals surface area (Å²) in [5.74, 6) is -0.493. The summed E-state index contributed by atoms with van der Waals surface area (Å²) in [6, 6.07) is 0. The Morgan fingerprint density at radius 1 is 1.35 bits per heavy atom. The number of nitrogens with zero attached hydrogens (tertiary/aromatic N) is 4. The fourth-order valence-electron chi connectivity index (χ4n) is 2.04. The van der Waals surface area contributed by atoms with Crippen molar-refractivity contribution in [2.24, 2.45) is 7.05 Å². The standard InChI is InChI=1S/C14H14N4O2/c1-18-8-10(13(17-18)9-2-3-9)4-5-11-6-16-12(7-15-11)14(19)20/h4-9H,2-3H2,1H3,(H,19,20)/b5-4+. The lowest BCUT2D eigenvalue weighted by molar-refractivity contribution is 0.0690. The van der Waals surface area contributed by atoms with Crippen LogP contribution in [0.15, 0.2) is 18.6 Å². The van der Waals surface area contributed by atoms with Gasteiger partial charge in [-0.05, 0) is 25.0 Å². The maximum atomic E-state index is 10.7. The van der Waals surface area contributed by atoms with Crippen LogP contribution >= 0.6 is 0 Å². The van der Waals surface area contributed by atoms with Gasteiger partial charge < -0.3 is 5.11 Å². The van der Waals surface area contributed by atoms with Crippen LogP contribution in [0.25, 0.3) is 12.2 Å². The first-order chi connectivity index (χ1) is 9.63. The van der Waals surface area contributed by atoms with Gasteiger partial charge in [0.25, 0.3) is 0 Å². The van der Waals surface area contributed by atoms with Crippen molar-refractivity contribution in [1.29, 1.82) is 0 Å². The summed E-state index contributed by atoms with van der Waals surface area (Å²) in [5, 5.41) is 13.2. The highest BCUT2D eigenvalue weighted by Gasteiger charge is 2.28. The second kappa shape index (κ2) is 4.88. The van der Waals surface area contributed by atoms with Gasteiger partial charge in [0.2, 0.25) is 0 Å². The van der Waals surface area contributed by atoms with Crippen LogP contribution in [0.4, 0.5) is 0 Å². The van der Waals surface area contributed by atoms with E-state index in [4.69, 9.17) is 5.11 Å². The molecule has 1 saturated carbocycles. The topological polar surface area (TPSA) is 80.9 Å². The van der Waals surface area contributed by atoms with E-state index in [2.05, 4.69) is 15.1 Å². The van der Waals surface area contributed by atoms with E-state index >= 15 is 0 Å². The molecule has 102 valence electrons. The van der Waals surface area contributed by atoms with Gasteiger partial charge in [-0.2, -0.15) is 5.10 Å². The predicted molar refractivity (Wildman–Crippen MR) is 73.1 cm³/mol. The highest BCUT2D eigenvalue weighted by molar-refractivity contribution is 5.85. The third-order valence-electron chi connectivity index (χ3n) is 3.18. The molecule has 2 heterocycles. The van der Waals surface area contributed by atoms with E-state index in [0.29, 0.717) is 11.6 Å². The molecule has 6 nitrogen and oxygen atoms in total. The van der Waals surface area contributed by atoms with Crippen LogP contribution in [0.2, 0.25) is 0 Å². The summed E-state index contributed by atoms with van der Waals surface area (Å²) in [7, 11) is 1.91. The minimum atomic E-state index is -1.07. The van der Waals surface area contributed by atoms with Gasteiger partial charge in [-0.15, -0.1) is 0 Å². The molecule has 1 aliphatic rings. The fourth-order valence-corrected chi connectivity index (χ4v) is 2.04. The number of aromatic nitrogens is 4. The van der Waals surface area contributed by atoms with Crippen LogP contribution in [-0.4, -0.2) is 30.8 Å². The van der Waals surface area contributed by atoms with Crippen LogP contribution < -0.4 is 0 Å². The maximum absolute atomic E-state index is 10.7. The molecule has 1 N–H and O–H groups in total. The molecule has 0 atom stereocenters. The third-order valence-corrected chi connectivity index (χ3v) is 3.18. The number of carboxylic acids is 1. The lowest BCUT2D eigenvalue weighted by atomic mass is 10.1. The van der Waals surface area contributed by atoms with Crippen molar-refractivity contribution in [2.45, 2.75) is 18.8 Å². The number of carbonyl (C=O) groups is 1. The molecule has 0 unspecified atom stereocenters. The largest absolute Gasteiger partial charge is 0.476 e. The molecule has 2 aromatic heterocycles. The van der Waals surface area contributed by atoms with Gasteiger partial charge in [0.05, 0.1) is 23.8 Å². The molecule has 0 radical (unpaired) electrons. The van der Waals surface area contributed by atoms with Gasteiger partial charge in [-0.3, -0.25) is 9.67 Å². The maximum Gasteiger partial charge on any atom is 0.356 e. The monoisotopic (exact) mass is 270 g/mol. The molecule has 0 saturated heterocycles.